The molecule has 29 heavy (non-hydrogen) atoms. The largest absolute Gasteiger partial charge is 0.535 e. The summed E-state index contributed by atoms with van der Waals surface area (Å²) in [7, 11) is -0.978. The summed E-state index contributed by atoms with van der Waals surface area (Å²) in [6, 6.07) is 3.48. The van der Waals surface area contributed by atoms with Crippen LogP contribution in [0.1, 0.15) is 34.7 Å². The minimum absolute atomic E-state index is 0.00804. The van der Waals surface area contributed by atoms with E-state index in [4.69, 9.17) is 14.1 Å². The predicted molar refractivity (Wildman–Crippen MR) is 101 cm³/mol. The number of nitrogens with one attached hydrogen (secondary N) is 1. The summed E-state index contributed by atoms with van der Waals surface area (Å²) in [5, 5.41) is 22.9. The fraction of sp³-hybridized carbons (Fsp3) is 0.579. The fourth-order valence-corrected chi connectivity index (χ4v) is 4.37. The average Bonchev–Trinajstić information content (AvgIpc) is 3.46. The second-order valence-electron chi connectivity index (χ2n) is 8.12. The first kappa shape index (κ1) is 18.7. The van der Waals surface area contributed by atoms with Gasteiger partial charge in [-0.2, -0.15) is 0 Å². The molecule has 10 heteroatoms. The molecule has 3 heterocycles. The number of likely N-dealkylation sites (tertiary alicyclic amines) is 1. The molecule has 1 aliphatic carbocycles. The maximum Gasteiger partial charge on any atom is 0.526 e. The minimum Gasteiger partial charge on any atom is -0.535 e. The predicted octanol–water partition coefficient (Wildman–Crippen LogP) is 0.0833. The molecule has 0 radical (unpaired) electrons. The van der Waals surface area contributed by atoms with Gasteiger partial charge in [0, 0.05) is 18.9 Å². The van der Waals surface area contributed by atoms with Crippen molar-refractivity contribution in [3.8, 4) is 11.5 Å². The average molecular weight is 402 g/mol. The number of nitrogens with zero attached hydrogens (tertiary/aromatic N) is 1. The highest BCUT2D eigenvalue weighted by molar-refractivity contribution is 6.48. The number of hydrogen-bond acceptors (Lipinski definition) is 7. The number of hydrogen-bond donors (Lipinski definition) is 3. The van der Waals surface area contributed by atoms with Crippen molar-refractivity contribution in [2.24, 2.45) is 0 Å². The molecule has 1 aromatic rings. The van der Waals surface area contributed by atoms with Crippen LogP contribution in [0.15, 0.2) is 12.1 Å². The molecule has 0 bridgehead atoms. The van der Waals surface area contributed by atoms with Crippen LogP contribution in [0.2, 0.25) is 5.82 Å². The van der Waals surface area contributed by atoms with Crippen LogP contribution in [0.4, 0.5) is 0 Å². The molecule has 0 spiro atoms. The van der Waals surface area contributed by atoms with Crippen molar-refractivity contribution in [2.45, 2.75) is 36.8 Å². The van der Waals surface area contributed by atoms with Crippen LogP contribution < -0.4 is 14.7 Å². The molecule has 5 rings (SSSR count). The lowest BCUT2D eigenvalue weighted by Crippen LogP contribution is -2.57. The fourth-order valence-electron chi connectivity index (χ4n) is 4.37. The van der Waals surface area contributed by atoms with Gasteiger partial charge < -0.3 is 34.5 Å². The Morgan fingerprint density at radius 1 is 1.34 bits per heavy atom. The van der Waals surface area contributed by atoms with Gasteiger partial charge in [-0.05, 0) is 24.0 Å². The van der Waals surface area contributed by atoms with E-state index in [-0.39, 0.29) is 46.9 Å². The molecule has 1 saturated carbocycles. The van der Waals surface area contributed by atoms with E-state index >= 15 is 0 Å². The van der Waals surface area contributed by atoms with Crippen molar-refractivity contribution in [2.75, 3.05) is 32.8 Å². The first-order chi connectivity index (χ1) is 14.0. The number of rotatable bonds is 5. The normalized spacial score (nSPS) is 28.0. The standard InChI is InChI=1S/C19H23BN2O7/c23-16(5-10-7-21-3-4-27-10)22-8-11(9-22)28-15-2-1-12-13-6-14(13)20(26)29-18(12)17(15)19(24)25/h1-2,10-11,13-14,21,26H,3-9H2,(H,24,25)/t10-,13?,14+/m0/s1. The molecule has 3 aliphatic heterocycles. The zero-order valence-corrected chi connectivity index (χ0v) is 15.9. The van der Waals surface area contributed by atoms with Crippen molar-refractivity contribution in [3.63, 3.8) is 0 Å². The number of fused-ring (bicyclic) bond motifs is 3. The number of carbonyl (C=O) groups is 2. The highest BCUT2D eigenvalue weighted by Crippen LogP contribution is 2.60. The third-order valence-corrected chi connectivity index (χ3v) is 6.11. The smallest absolute Gasteiger partial charge is 0.526 e. The van der Waals surface area contributed by atoms with Crippen molar-refractivity contribution in [3.05, 3.63) is 23.3 Å². The Morgan fingerprint density at radius 3 is 2.90 bits per heavy atom. The highest BCUT2D eigenvalue weighted by atomic mass is 16.5. The van der Waals surface area contributed by atoms with Crippen molar-refractivity contribution >= 4 is 19.0 Å². The lowest BCUT2D eigenvalue weighted by Gasteiger charge is -2.40. The molecule has 3 N–H and O–H groups in total. The lowest BCUT2D eigenvalue weighted by atomic mass is 9.77. The number of carboxylic acid groups (broad SMARTS) is 1. The molecule has 9 nitrogen and oxygen atoms in total. The second kappa shape index (κ2) is 7.19. The van der Waals surface area contributed by atoms with E-state index in [1.807, 2.05) is 6.07 Å². The summed E-state index contributed by atoms with van der Waals surface area (Å²) in [4.78, 5) is 25.9. The van der Waals surface area contributed by atoms with E-state index in [1.54, 1.807) is 11.0 Å². The van der Waals surface area contributed by atoms with Crippen molar-refractivity contribution in [1.82, 2.24) is 10.2 Å². The molecule has 1 amide bonds. The molecule has 3 fully saturated rings. The number of morpholine rings is 1. The molecular weight excluding hydrogens is 379 g/mol. The maximum atomic E-state index is 12.4. The van der Waals surface area contributed by atoms with Crippen molar-refractivity contribution < 1.29 is 33.8 Å². The van der Waals surface area contributed by atoms with Gasteiger partial charge in [0.25, 0.3) is 0 Å². The second-order valence-corrected chi connectivity index (χ2v) is 8.12. The topological polar surface area (TPSA) is 118 Å². The Kier molecular flexibility index (Phi) is 4.64. The van der Waals surface area contributed by atoms with Gasteiger partial charge in [-0.25, -0.2) is 4.79 Å². The lowest BCUT2D eigenvalue weighted by molar-refractivity contribution is -0.143. The minimum atomic E-state index is -1.16. The molecule has 4 aliphatic rings. The van der Waals surface area contributed by atoms with E-state index in [9.17, 15) is 19.7 Å². The first-order valence-electron chi connectivity index (χ1n) is 10.0. The molecule has 154 valence electrons. The summed E-state index contributed by atoms with van der Waals surface area (Å²) >= 11 is 0. The van der Waals surface area contributed by atoms with Gasteiger partial charge in [0.05, 0.1) is 32.2 Å². The Labute approximate surface area is 168 Å². The Bertz CT molecular complexity index is 838. The van der Waals surface area contributed by atoms with Crippen LogP contribution in [0.5, 0.6) is 11.5 Å². The molecule has 1 aromatic carbocycles. The van der Waals surface area contributed by atoms with Crippen LogP contribution in [0.25, 0.3) is 0 Å². The summed E-state index contributed by atoms with van der Waals surface area (Å²) < 4.78 is 17.0. The zero-order valence-electron chi connectivity index (χ0n) is 15.9. The van der Waals surface area contributed by atoms with Crippen LogP contribution in [-0.4, -0.2) is 79.0 Å². The third-order valence-electron chi connectivity index (χ3n) is 6.11. The van der Waals surface area contributed by atoms with E-state index in [0.717, 1.165) is 18.5 Å². The first-order valence-corrected chi connectivity index (χ1v) is 10.0. The third kappa shape index (κ3) is 3.45. The maximum absolute atomic E-state index is 12.4. The molecular formula is C19H23BN2O7. The van der Waals surface area contributed by atoms with E-state index in [2.05, 4.69) is 5.32 Å². The SMILES string of the molecule is O=C(O)c1c(OC2CN(C(=O)C[C@H]3CNCCO3)C2)ccc2c1OB(O)[C@@H]1CC21. The molecule has 2 saturated heterocycles. The van der Waals surface area contributed by atoms with Crippen LogP contribution >= 0.6 is 0 Å². The Hall–Kier alpha value is -2.30. The van der Waals surface area contributed by atoms with Gasteiger partial charge in [-0.15, -0.1) is 0 Å². The summed E-state index contributed by atoms with van der Waals surface area (Å²) in [5.41, 5.74) is 0.759. The number of aromatic carboxylic acids is 1. The van der Waals surface area contributed by atoms with Gasteiger partial charge in [0.2, 0.25) is 5.91 Å². The van der Waals surface area contributed by atoms with Crippen LogP contribution in [0, 0.1) is 0 Å². The van der Waals surface area contributed by atoms with E-state index in [0.29, 0.717) is 32.7 Å². The van der Waals surface area contributed by atoms with Gasteiger partial charge >= 0.3 is 13.1 Å². The number of carbonyl (C=O) groups excluding carboxylic acids is 1. The Morgan fingerprint density at radius 2 is 2.17 bits per heavy atom. The van der Waals surface area contributed by atoms with Gasteiger partial charge in [0.15, 0.2) is 0 Å². The number of ether oxygens (including phenoxy) is 2. The number of carboxylic acids is 1. The summed E-state index contributed by atoms with van der Waals surface area (Å²) in [5.74, 6) is -0.541. The van der Waals surface area contributed by atoms with Crippen molar-refractivity contribution in [1.29, 1.82) is 0 Å². The summed E-state index contributed by atoms with van der Waals surface area (Å²) in [6.45, 7) is 2.90. The van der Waals surface area contributed by atoms with Gasteiger partial charge in [-0.1, -0.05) is 6.07 Å². The molecule has 0 aromatic heterocycles. The zero-order chi connectivity index (χ0) is 20.1. The summed E-state index contributed by atoms with van der Waals surface area (Å²) in [6.07, 6.45) is 0.744. The number of amides is 1. The monoisotopic (exact) mass is 402 g/mol. The van der Waals surface area contributed by atoms with Gasteiger partial charge in [0.1, 0.15) is 23.2 Å². The van der Waals surface area contributed by atoms with E-state index < -0.39 is 13.1 Å². The highest BCUT2D eigenvalue weighted by Gasteiger charge is 2.54. The number of benzene rings is 1. The molecule has 1 unspecified atom stereocenters. The van der Waals surface area contributed by atoms with Crippen LogP contribution in [-0.2, 0) is 9.53 Å². The quantitative estimate of drug-likeness (QED) is 0.593. The molecule has 3 atom stereocenters. The van der Waals surface area contributed by atoms with Crippen LogP contribution in [0.3, 0.4) is 0 Å². The Balaban J connectivity index is 1.23. The van der Waals surface area contributed by atoms with Gasteiger partial charge in [-0.3, -0.25) is 4.79 Å². The van der Waals surface area contributed by atoms with E-state index in [1.165, 1.54) is 0 Å².